The summed E-state index contributed by atoms with van der Waals surface area (Å²) in [5.41, 5.74) is -0.308. The van der Waals surface area contributed by atoms with Crippen molar-refractivity contribution in [3.8, 4) is 0 Å². The van der Waals surface area contributed by atoms with Gasteiger partial charge in [-0.15, -0.1) is 0 Å². The van der Waals surface area contributed by atoms with Gasteiger partial charge in [0.05, 0.1) is 12.4 Å². The van der Waals surface area contributed by atoms with Crippen LogP contribution in [0, 0.1) is 11.3 Å². The third-order valence-electron chi connectivity index (χ3n) is 3.78. The Morgan fingerprint density at radius 1 is 1.29 bits per heavy atom. The molecule has 0 heterocycles. The van der Waals surface area contributed by atoms with Crippen LogP contribution in [-0.4, -0.2) is 27.4 Å². The largest absolute Gasteiger partial charge is 0.381 e. The van der Waals surface area contributed by atoms with Gasteiger partial charge >= 0.3 is 0 Å². The molecule has 0 unspecified atom stereocenters. The van der Waals surface area contributed by atoms with Crippen LogP contribution in [0.1, 0.15) is 46.0 Å². The average Bonchev–Trinajstić information content (AvgIpc) is 3.05. The van der Waals surface area contributed by atoms with Crippen LogP contribution in [0.2, 0.25) is 0 Å². The number of sulfonamides is 1. The molecule has 102 valence electrons. The molecule has 0 amide bonds. The molecular weight excluding hydrogens is 238 g/mol. The van der Waals surface area contributed by atoms with Gasteiger partial charge in [-0.1, -0.05) is 26.7 Å². The van der Waals surface area contributed by atoms with Crippen molar-refractivity contribution in [2.45, 2.75) is 46.0 Å². The van der Waals surface area contributed by atoms with Crippen LogP contribution >= 0.6 is 0 Å². The number of ether oxygens (including phenoxy) is 1. The van der Waals surface area contributed by atoms with E-state index in [1.807, 2.05) is 13.8 Å². The normalized spacial score (nSPS) is 17.4. The van der Waals surface area contributed by atoms with Crippen molar-refractivity contribution < 1.29 is 13.2 Å². The average molecular weight is 263 g/mol. The van der Waals surface area contributed by atoms with Gasteiger partial charge < -0.3 is 4.74 Å². The van der Waals surface area contributed by atoms with E-state index in [1.54, 1.807) is 0 Å². The summed E-state index contributed by atoms with van der Waals surface area (Å²) in [6.07, 6.45) is 5.33. The van der Waals surface area contributed by atoms with E-state index in [1.165, 1.54) is 12.8 Å². The fourth-order valence-corrected chi connectivity index (χ4v) is 3.42. The molecule has 0 aromatic heterocycles. The van der Waals surface area contributed by atoms with E-state index in [0.29, 0.717) is 6.61 Å². The first-order chi connectivity index (χ1) is 7.91. The number of hydrogen-bond donors (Lipinski definition) is 1. The van der Waals surface area contributed by atoms with E-state index < -0.39 is 10.0 Å². The molecule has 4 nitrogen and oxygen atoms in total. The lowest BCUT2D eigenvalue weighted by Crippen LogP contribution is -2.36. The summed E-state index contributed by atoms with van der Waals surface area (Å²) in [6.45, 7) is 5.25. The molecular formula is C12H25NO3S. The zero-order chi connectivity index (χ0) is 12.9. The highest BCUT2D eigenvalue weighted by atomic mass is 32.2. The zero-order valence-electron chi connectivity index (χ0n) is 10.9. The first-order valence-corrected chi connectivity index (χ1v) is 8.20. The molecule has 1 aliphatic rings. The third-order valence-corrected chi connectivity index (χ3v) is 4.80. The molecule has 0 aromatic carbocycles. The van der Waals surface area contributed by atoms with Crippen molar-refractivity contribution in [1.29, 1.82) is 0 Å². The lowest BCUT2D eigenvalue weighted by Gasteiger charge is -2.30. The standard InChI is InChI=1S/C12H25NO3S/c1-3-12(4-2,10-17(13,14)15)9-16-8-7-11-5-6-11/h11H,3-10H2,1-2H3,(H2,13,14,15). The molecule has 0 radical (unpaired) electrons. The van der Waals surface area contributed by atoms with Gasteiger partial charge in [-0.2, -0.15) is 0 Å². The number of rotatable bonds is 9. The Morgan fingerprint density at radius 3 is 2.29 bits per heavy atom. The van der Waals surface area contributed by atoms with Gasteiger partial charge in [-0.05, 0) is 25.2 Å². The van der Waals surface area contributed by atoms with Gasteiger partial charge in [0.25, 0.3) is 0 Å². The highest BCUT2D eigenvalue weighted by Crippen LogP contribution is 2.33. The molecule has 2 N–H and O–H groups in total. The SMILES string of the molecule is CCC(CC)(COCCC1CC1)CS(N)(=O)=O. The predicted octanol–water partition coefficient (Wildman–Crippen LogP) is 1.90. The molecule has 1 rings (SSSR count). The maximum Gasteiger partial charge on any atom is 0.209 e. The third kappa shape index (κ3) is 5.84. The second-order valence-corrected chi connectivity index (χ2v) is 6.91. The Bertz CT molecular complexity index is 319. The maximum atomic E-state index is 11.2. The summed E-state index contributed by atoms with van der Waals surface area (Å²) in [5.74, 6) is 0.877. The zero-order valence-corrected chi connectivity index (χ0v) is 11.8. The van der Waals surface area contributed by atoms with E-state index in [-0.39, 0.29) is 11.2 Å². The van der Waals surface area contributed by atoms with Crippen LogP contribution in [0.5, 0.6) is 0 Å². The molecule has 1 saturated carbocycles. The second kappa shape index (κ2) is 6.16. The van der Waals surface area contributed by atoms with E-state index in [2.05, 4.69) is 0 Å². The van der Waals surface area contributed by atoms with Gasteiger partial charge in [-0.25, -0.2) is 13.6 Å². The van der Waals surface area contributed by atoms with Gasteiger partial charge in [0.1, 0.15) is 0 Å². The Hall–Kier alpha value is -0.130. The molecule has 0 bridgehead atoms. The predicted molar refractivity (Wildman–Crippen MR) is 69.1 cm³/mol. The lowest BCUT2D eigenvalue weighted by molar-refractivity contribution is 0.0469. The van der Waals surface area contributed by atoms with Crippen LogP contribution in [0.3, 0.4) is 0 Å². The van der Waals surface area contributed by atoms with Crippen molar-refractivity contribution in [2.75, 3.05) is 19.0 Å². The van der Waals surface area contributed by atoms with Crippen molar-refractivity contribution >= 4 is 10.0 Å². The summed E-state index contributed by atoms with van der Waals surface area (Å²) < 4.78 is 28.1. The van der Waals surface area contributed by atoms with Crippen molar-refractivity contribution in [3.05, 3.63) is 0 Å². The molecule has 1 fully saturated rings. The maximum absolute atomic E-state index is 11.2. The summed E-state index contributed by atoms with van der Waals surface area (Å²) in [4.78, 5) is 0. The molecule has 0 aliphatic heterocycles. The van der Waals surface area contributed by atoms with Crippen LogP contribution in [0.4, 0.5) is 0 Å². The lowest BCUT2D eigenvalue weighted by atomic mass is 9.85. The van der Waals surface area contributed by atoms with Crippen LogP contribution in [-0.2, 0) is 14.8 Å². The summed E-state index contributed by atoms with van der Waals surface area (Å²) in [5, 5.41) is 5.15. The highest BCUT2D eigenvalue weighted by Gasteiger charge is 2.31. The first kappa shape index (κ1) is 14.9. The minimum atomic E-state index is -3.43. The molecule has 17 heavy (non-hydrogen) atoms. The Morgan fingerprint density at radius 2 is 1.88 bits per heavy atom. The molecule has 5 heteroatoms. The van der Waals surface area contributed by atoms with Gasteiger partial charge in [-0.3, -0.25) is 0 Å². The van der Waals surface area contributed by atoms with E-state index in [4.69, 9.17) is 9.88 Å². The summed E-state index contributed by atoms with van der Waals surface area (Å²) >= 11 is 0. The highest BCUT2D eigenvalue weighted by molar-refractivity contribution is 7.89. The number of primary sulfonamides is 1. The fraction of sp³-hybridized carbons (Fsp3) is 1.00. The minimum Gasteiger partial charge on any atom is -0.381 e. The van der Waals surface area contributed by atoms with Gasteiger partial charge in [0.2, 0.25) is 10.0 Å². The molecule has 1 aliphatic carbocycles. The Balaban J connectivity index is 2.38. The topological polar surface area (TPSA) is 69.4 Å². The van der Waals surface area contributed by atoms with E-state index in [9.17, 15) is 8.42 Å². The smallest absolute Gasteiger partial charge is 0.209 e. The summed E-state index contributed by atoms with van der Waals surface area (Å²) in [7, 11) is -3.43. The molecule has 0 atom stereocenters. The van der Waals surface area contributed by atoms with Gasteiger partial charge in [0, 0.05) is 12.0 Å². The number of nitrogens with two attached hydrogens (primary N) is 1. The Kier molecular flexibility index (Phi) is 5.41. The number of hydrogen-bond acceptors (Lipinski definition) is 3. The quantitative estimate of drug-likeness (QED) is 0.646. The summed E-state index contributed by atoms with van der Waals surface area (Å²) in [6, 6.07) is 0. The minimum absolute atomic E-state index is 0.0242. The Labute approximate surface area is 105 Å². The van der Waals surface area contributed by atoms with Crippen LogP contribution in [0.15, 0.2) is 0 Å². The second-order valence-electron chi connectivity index (χ2n) is 5.30. The van der Waals surface area contributed by atoms with Crippen molar-refractivity contribution in [2.24, 2.45) is 16.5 Å². The van der Waals surface area contributed by atoms with Crippen molar-refractivity contribution in [3.63, 3.8) is 0 Å². The van der Waals surface area contributed by atoms with E-state index >= 15 is 0 Å². The molecule has 0 spiro atoms. The van der Waals surface area contributed by atoms with E-state index in [0.717, 1.165) is 31.8 Å². The first-order valence-electron chi connectivity index (χ1n) is 6.49. The monoisotopic (exact) mass is 263 g/mol. The van der Waals surface area contributed by atoms with Crippen LogP contribution in [0.25, 0.3) is 0 Å². The van der Waals surface area contributed by atoms with Gasteiger partial charge in [0.15, 0.2) is 0 Å². The molecule has 0 aromatic rings. The fourth-order valence-electron chi connectivity index (χ4n) is 2.07. The van der Waals surface area contributed by atoms with Crippen LogP contribution < -0.4 is 5.14 Å². The van der Waals surface area contributed by atoms with Crippen molar-refractivity contribution in [1.82, 2.24) is 0 Å². The molecule has 0 saturated heterocycles.